The second kappa shape index (κ2) is 6.07. The van der Waals surface area contributed by atoms with Gasteiger partial charge in [0.2, 0.25) is 0 Å². The molecule has 3 nitrogen and oxygen atoms in total. The molecule has 0 aromatic carbocycles. The molecule has 2 rings (SSSR count). The lowest BCUT2D eigenvalue weighted by Gasteiger charge is -2.20. The summed E-state index contributed by atoms with van der Waals surface area (Å²) in [6.45, 7) is 4.07. The van der Waals surface area contributed by atoms with Crippen LogP contribution in [0.4, 0.5) is 0 Å². The summed E-state index contributed by atoms with van der Waals surface area (Å²) in [5, 5.41) is 3.13. The maximum absolute atomic E-state index is 12.0. The van der Waals surface area contributed by atoms with Crippen LogP contribution in [0.1, 0.15) is 61.8 Å². The molecule has 1 heterocycles. The summed E-state index contributed by atoms with van der Waals surface area (Å²) in [5.74, 6) is 1.82. The molecule has 2 unspecified atom stereocenters. The van der Waals surface area contributed by atoms with Gasteiger partial charge in [-0.05, 0) is 44.2 Å². The Morgan fingerprint density at radius 3 is 2.94 bits per heavy atom. The van der Waals surface area contributed by atoms with Gasteiger partial charge in [-0.3, -0.25) is 4.79 Å². The standard InChI is InChI=1S/C15H23NO2/c1-3-4-6-12-7-5-8-13(12)16-15(17)14-10-9-11(2)18-14/h9-10,12-13H,3-8H2,1-2H3,(H,16,17). The molecule has 18 heavy (non-hydrogen) atoms. The number of unbranched alkanes of at least 4 members (excludes halogenated alkanes) is 1. The van der Waals surface area contributed by atoms with E-state index in [2.05, 4.69) is 12.2 Å². The number of amides is 1. The van der Waals surface area contributed by atoms with E-state index in [9.17, 15) is 4.79 Å². The third kappa shape index (κ3) is 3.15. The van der Waals surface area contributed by atoms with E-state index in [1.54, 1.807) is 6.07 Å². The van der Waals surface area contributed by atoms with Gasteiger partial charge in [0.1, 0.15) is 5.76 Å². The zero-order chi connectivity index (χ0) is 13.0. The van der Waals surface area contributed by atoms with Crippen LogP contribution in [0.15, 0.2) is 16.5 Å². The lowest BCUT2D eigenvalue weighted by molar-refractivity contribution is 0.0897. The van der Waals surface area contributed by atoms with Crippen molar-refractivity contribution in [3.8, 4) is 0 Å². The second-order valence-corrected chi connectivity index (χ2v) is 5.32. The van der Waals surface area contributed by atoms with Crippen LogP contribution in [0, 0.1) is 12.8 Å². The van der Waals surface area contributed by atoms with E-state index in [4.69, 9.17) is 4.42 Å². The minimum atomic E-state index is -0.0588. The van der Waals surface area contributed by atoms with Gasteiger partial charge in [-0.2, -0.15) is 0 Å². The van der Waals surface area contributed by atoms with Gasteiger partial charge in [-0.15, -0.1) is 0 Å². The van der Waals surface area contributed by atoms with Gasteiger partial charge in [0.15, 0.2) is 5.76 Å². The average Bonchev–Trinajstić information content (AvgIpc) is 2.96. The summed E-state index contributed by atoms with van der Waals surface area (Å²) in [5.41, 5.74) is 0. The minimum absolute atomic E-state index is 0.0588. The van der Waals surface area contributed by atoms with Crippen LogP contribution in [0.5, 0.6) is 0 Å². The Morgan fingerprint density at radius 1 is 1.44 bits per heavy atom. The Bertz CT molecular complexity index is 397. The number of furan rings is 1. The van der Waals surface area contributed by atoms with Gasteiger partial charge < -0.3 is 9.73 Å². The Balaban J connectivity index is 1.90. The van der Waals surface area contributed by atoms with E-state index < -0.39 is 0 Å². The van der Waals surface area contributed by atoms with Crippen LogP contribution >= 0.6 is 0 Å². The lowest BCUT2D eigenvalue weighted by atomic mass is 9.97. The first-order chi connectivity index (χ1) is 8.70. The topological polar surface area (TPSA) is 42.2 Å². The van der Waals surface area contributed by atoms with E-state index in [1.807, 2.05) is 13.0 Å². The third-order valence-electron chi connectivity index (χ3n) is 3.87. The fourth-order valence-electron chi connectivity index (χ4n) is 2.83. The highest BCUT2D eigenvalue weighted by molar-refractivity contribution is 5.91. The molecule has 3 heteroatoms. The Kier molecular flexibility index (Phi) is 4.45. The van der Waals surface area contributed by atoms with Crippen LogP contribution < -0.4 is 5.32 Å². The van der Waals surface area contributed by atoms with Gasteiger partial charge in [-0.1, -0.05) is 26.2 Å². The molecule has 100 valence electrons. The fraction of sp³-hybridized carbons (Fsp3) is 0.667. The molecule has 1 fully saturated rings. The zero-order valence-corrected chi connectivity index (χ0v) is 11.4. The van der Waals surface area contributed by atoms with Crippen LogP contribution in [0.3, 0.4) is 0 Å². The van der Waals surface area contributed by atoms with Crippen molar-refractivity contribution in [1.29, 1.82) is 0 Å². The van der Waals surface area contributed by atoms with Crippen LogP contribution in [0.2, 0.25) is 0 Å². The van der Waals surface area contributed by atoms with Crippen LogP contribution in [-0.2, 0) is 0 Å². The Hall–Kier alpha value is -1.25. The first kappa shape index (κ1) is 13.2. The maximum Gasteiger partial charge on any atom is 0.287 e. The normalized spacial score (nSPS) is 23.2. The van der Waals surface area contributed by atoms with Crippen molar-refractivity contribution in [2.75, 3.05) is 0 Å². The number of carbonyl (C=O) groups excluding carboxylic acids is 1. The molecule has 1 aliphatic carbocycles. The van der Waals surface area contributed by atoms with Crippen molar-refractivity contribution in [1.82, 2.24) is 5.32 Å². The molecule has 1 aromatic heterocycles. The molecule has 0 aliphatic heterocycles. The summed E-state index contributed by atoms with van der Waals surface area (Å²) >= 11 is 0. The summed E-state index contributed by atoms with van der Waals surface area (Å²) in [7, 11) is 0. The zero-order valence-electron chi connectivity index (χ0n) is 11.4. The molecular weight excluding hydrogens is 226 g/mol. The number of carbonyl (C=O) groups is 1. The van der Waals surface area contributed by atoms with E-state index in [0.29, 0.717) is 17.7 Å². The summed E-state index contributed by atoms with van der Waals surface area (Å²) in [6.07, 6.45) is 7.32. The SMILES string of the molecule is CCCCC1CCCC1NC(=O)c1ccc(C)o1. The highest BCUT2D eigenvalue weighted by Gasteiger charge is 2.28. The van der Waals surface area contributed by atoms with Crippen LogP contribution in [0.25, 0.3) is 0 Å². The van der Waals surface area contributed by atoms with E-state index in [1.165, 1.54) is 32.1 Å². The third-order valence-corrected chi connectivity index (χ3v) is 3.87. The molecule has 0 spiro atoms. The van der Waals surface area contributed by atoms with E-state index in [-0.39, 0.29) is 5.91 Å². The molecule has 1 aliphatic rings. The number of hydrogen-bond donors (Lipinski definition) is 1. The van der Waals surface area contributed by atoms with Crippen molar-refractivity contribution in [3.05, 3.63) is 23.7 Å². The monoisotopic (exact) mass is 249 g/mol. The molecule has 0 bridgehead atoms. The predicted molar refractivity (Wildman–Crippen MR) is 71.6 cm³/mol. The molecule has 1 N–H and O–H groups in total. The highest BCUT2D eigenvalue weighted by atomic mass is 16.3. The van der Waals surface area contributed by atoms with Gasteiger partial charge in [0.25, 0.3) is 5.91 Å². The molecule has 0 radical (unpaired) electrons. The summed E-state index contributed by atoms with van der Waals surface area (Å²) in [4.78, 5) is 12.0. The van der Waals surface area contributed by atoms with E-state index in [0.717, 1.165) is 12.2 Å². The predicted octanol–water partition coefficient (Wildman–Crippen LogP) is 3.68. The number of rotatable bonds is 5. The van der Waals surface area contributed by atoms with Crippen LogP contribution in [-0.4, -0.2) is 11.9 Å². The first-order valence-corrected chi connectivity index (χ1v) is 7.08. The number of hydrogen-bond acceptors (Lipinski definition) is 2. The van der Waals surface area contributed by atoms with Gasteiger partial charge in [-0.25, -0.2) is 0 Å². The number of aryl methyl sites for hydroxylation is 1. The van der Waals surface area contributed by atoms with Crippen molar-refractivity contribution in [2.24, 2.45) is 5.92 Å². The van der Waals surface area contributed by atoms with E-state index >= 15 is 0 Å². The van der Waals surface area contributed by atoms with Gasteiger partial charge in [0.05, 0.1) is 0 Å². The molecule has 1 saturated carbocycles. The van der Waals surface area contributed by atoms with Crippen molar-refractivity contribution >= 4 is 5.91 Å². The summed E-state index contributed by atoms with van der Waals surface area (Å²) < 4.78 is 5.36. The molecule has 1 amide bonds. The quantitative estimate of drug-likeness (QED) is 0.865. The summed E-state index contributed by atoms with van der Waals surface area (Å²) in [6, 6.07) is 3.92. The van der Waals surface area contributed by atoms with Gasteiger partial charge >= 0.3 is 0 Å². The minimum Gasteiger partial charge on any atom is -0.456 e. The molecule has 0 saturated heterocycles. The highest BCUT2D eigenvalue weighted by Crippen LogP contribution is 2.30. The molecule has 1 aromatic rings. The second-order valence-electron chi connectivity index (χ2n) is 5.32. The Labute approximate surface area is 109 Å². The van der Waals surface area contributed by atoms with Crippen molar-refractivity contribution in [3.63, 3.8) is 0 Å². The van der Waals surface area contributed by atoms with Gasteiger partial charge in [0, 0.05) is 6.04 Å². The molecular formula is C15H23NO2. The average molecular weight is 249 g/mol. The first-order valence-electron chi connectivity index (χ1n) is 7.08. The maximum atomic E-state index is 12.0. The number of nitrogens with one attached hydrogen (secondary N) is 1. The Morgan fingerprint density at radius 2 is 2.28 bits per heavy atom. The smallest absolute Gasteiger partial charge is 0.287 e. The van der Waals surface area contributed by atoms with Crippen molar-refractivity contribution in [2.45, 2.75) is 58.4 Å². The van der Waals surface area contributed by atoms with Crippen molar-refractivity contribution < 1.29 is 9.21 Å². The lowest BCUT2D eigenvalue weighted by Crippen LogP contribution is -2.37. The fourth-order valence-corrected chi connectivity index (χ4v) is 2.83. The molecule has 2 atom stereocenters. The largest absolute Gasteiger partial charge is 0.456 e.